The molecule has 0 spiro atoms. The van der Waals surface area contributed by atoms with Crippen molar-refractivity contribution < 1.29 is 9.90 Å². The number of rotatable bonds is 2. The first-order valence-electron chi connectivity index (χ1n) is 8.31. The fraction of sp³-hybridized carbons (Fsp3) is 0.706. The molecule has 4 nitrogen and oxygen atoms in total. The number of aliphatic hydroxyl groups is 1. The number of aryl methyl sites for hydroxylation is 1. The monoisotopic (exact) mass is 290 g/mol. The van der Waals surface area contributed by atoms with Crippen molar-refractivity contribution in [2.45, 2.75) is 64.0 Å². The van der Waals surface area contributed by atoms with E-state index in [0.717, 1.165) is 49.8 Å². The Labute approximate surface area is 126 Å². The molecule has 3 atom stereocenters. The molecule has 1 amide bonds. The van der Waals surface area contributed by atoms with Crippen LogP contribution in [-0.2, 0) is 0 Å². The fourth-order valence-corrected chi connectivity index (χ4v) is 4.07. The quantitative estimate of drug-likeness (QED) is 0.880. The molecule has 2 heterocycles. The largest absolute Gasteiger partial charge is 0.393 e. The summed E-state index contributed by atoms with van der Waals surface area (Å²) in [6.45, 7) is 2.80. The standard InChI is InChI=1S/C17H26N2O2/c1-12-10-18-11-14(12)17(21)19-9-5-4-7-15(19)13-6-2-3-8-16(13)20/h10-11,13,15-16,18,20H,2-9H2,1H3/t13-,15-,16+/m1/s1. The minimum Gasteiger partial charge on any atom is -0.393 e. The number of piperidine rings is 1. The summed E-state index contributed by atoms with van der Waals surface area (Å²) in [5, 5.41) is 10.4. The SMILES string of the molecule is Cc1c[nH]cc1C(=O)N1CCCC[C@@H]1[C@H]1CCCC[C@@H]1O. The van der Waals surface area contributed by atoms with Crippen LogP contribution in [0.1, 0.15) is 60.9 Å². The molecule has 21 heavy (non-hydrogen) atoms. The van der Waals surface area contributed by atoms with E-state index in [0.29, 0.717) is 0 Å². The molecule has 3 rings (SSSR count). The van der Waals surface area contributed by atoms with Crippen molar-refractivity contribution in [3.8, 4) is 0 Å². The number of hydrogen-bond donors (Lipinski definition) is 2. The van der Waals surface area contributed by atoms with Gasteiger partial charge in [-0.05, 0) is 44.6 Å². The van der Waals surface area contributed by atoms with Crippen LogP contribution in [0.2, 0.25) is 0 Å². The van der Waals surface area contributed by atoms with Gasteiger partial charge in [-0.1, -0.05) is 12.8 Å². The molecular weight excluding hydrogens is 264 g/mol. The maximum atomic E-state index is 12.9. The molecule has 2 fully saturated rings. The predicted octanol–water partition coefficient (Wildman–Crippen LogP) is 2.87. The number of aromatic amines is 1. The van der Waals surface area contributed by atoms with Gasteiger partial charge in [0.2, 0.25) is 0 Å². The lowest BCUT2D eigenvalue weighted by molar-refractivity contribution is -0.00129. The molecule has 0 aromatic carbocycles. The van der Waals surface area contributed by atoms with Gasteiger partial charge in [-0.3, -0.25) is 4.79 Å². The fourth-order valence-electron chi connectivity index (χ4n) is 4.07. The molecule has 2 N–H and O–H groups in total. The average molecular weight is 290 g/mol. The van der Waals surface area contributed by atoms with Gasteiger partial charge < -0.3 is 15.0 Å². The third kappa shape index (κ3) is 2.86. The van der Waals surface area contributed by atoms with E-state index >= 15 is 0 Å². The highest BCUT2D eigenvalue weighted by Gasteiger charge is 2.38. The van der Waals surface area contributed by atoms with Crippen LogP contribution >= 0.6 is 0 Å². The zero-order chi connectivity index (χ0) is 14.8. The van der Waals surface area contributed by atoms with Crippen LogP contribution in [0.25, 0.3) is 0 Å². The number of H-pyrrole nitrogens is 1. The second-order valence-corrected chi connectivity index (χ2v) is 6.63. The number of hydrogen-bond acceptors (Lipinski definition) is 2. The van der Waals surface area contributed by atoms with Crippen LogP contribution in [0, 0.1) is 12.8 Å². The van der Waals surface area contributed by atoms with E-state index in [1.54, 1.807) is 6.20 Å². The van der Waals surface area contributed by atoms with Crippen molar-refractivity contribution in [2.75, 3.05) is 6.54 Å². The van der Waals surface area contributed by atoms with Crippen molar-refractivity contribution in [1.82, 2.24) is 9.88 Å². The van der Waals surface area contributed by atoms with Gasteiger partial charge in [0.05, 0.1) is 11.7 Å². The van der Waals surface area contributed by atoms with Gasteiger partial charge >= 0.3 is 0 Å². The van der Waals surface area contributed by atoms with Crippen molar-refractivity contribution in [3.05, 3.63) is 23.5 Å². The molecule has 1 aromatic heterocycles. The maximum Gasteiger partial charge on any atom is 0.255 e. The van der Waals surface area contributed by atoms with E-state index in [-0.39, 0.29) is 24.0 Å². The highest BCUT2D eigenvalue weighted by molar-refractivity contribution is 5.95. The van der Waals surface area contributed by atoms with Crippen LogP contribution in [0.15, 0.2) is 12.4 Å². The lowest BCUT2D eigenvalue weighted by Crippen LogP contribution is -2.51. The Morgan fingerprint density at radius 2 is 1.95 bits per heavy atom. The summed E-state index contributed by atoms with van der Waals surface area (Å²) < 4.78 is 0. The van der Waals surface area contributed by atoms with Crippen LogP contribution in [0.3, 0.4) is 0 Å². The molecule has 1 aliphatic heterocycles. The Bertz CT molecular complexity index is 497. The highest BCUT2D eigenvalue weighted by atomic mass is 16.3. The maximum absolute atomic E-state index is 12.9. The molecule has 1 aromatic rings. The highest BCUT2D eigenvalue weighted by Crippen LogP contribution is 2.34. The average Bonchev–Trinajstić information content (AvgIpc) is 2.93. The summed E-state index contributed by atoms with van der Waals surface area (Å²) in [5.74, 6) is 0.401. The lowest BCUT2D eigenvalue weighted by atomic mass is 9.78. The zero-order valence-electron chi connectivity index (χ0n) is 12.8. The smallest absolute Gasteiger partial charge is 0.255 e. The molecule has 1 aliphatic carbocycles. The molecule has 1 saturated heterocycles. The van der Waals surface area contributed by atoms with Gasteiger partial charge in [-0.2, -0.15) is 0 Å². The van der Waals surface area contributed by atoms with Crippen LogP contribution in [-0.4, -0.2) is 39.6 Å². The number of aliphatic hydroxyl groups excluding tert-OH is 1. The van der Waals surface area contributed by atoms with Crippen molar-refractivity contribution >= 4 is 5.91 Å². The summed E-state index contributed by atoms with van der Waals surface area (Å²) in [6.07, 6.45) is 11.0. The third-order valence-electron chi connectivity index (χ3n) is 5.27. The Hall–Kier alpha value is -1.29. The van der Waals surface area contributed by atoms with E-state index in [4.69, 9.17) is 0 Å². The number of likely N-dealkylation sites (tertiary alicyclic amines) is 1. The second kappa shape index (κ2) is 6.22. The Balaban J connectivity index is 1.81. The lowest BCUT2D eigenvalue weighted by Gasteiger charge is -2.43. The topological polar surface area (TPSA) is 56.3 Å². The molecule has 0 radical (unpaired) electrons. The molecule has 0 bridgehead atoms. The zero-order valence-corrected chi connectivity index (χ0v) is 12.8. The molecule has 4 heteroatoms. The molecule has 1 saturated carbocycles. The minimum absolute atomic E-state index is 0.135. The summed E-state index contributed by atoms with van der Waals surface area (Å²) in [5.41, 5.74) is 1.79. The Morgan fingerprint density at radius 3 is 2.67 bits per heavy atom. The normalized spacial score (nSPS) is 30.4. The minimum atomic E-state index is -0.232. The Morgan fingerprint density at radius 1 is 1.19 bits per heavy atom. The third-order valence-corrected chi connectivity index (χ3v) is 5.27. The summed E-state index contributed by atoms with van der Waals surface area (Å²) in [4.78, 5) is 17.9. The van der Waals surface area contributed by atoms with Gasteiger partial charge in [0, 0.05) is 30.9 Å². The van der Waals surface area contributed by atoms with Crippen LogP contribution in [0.4, 0.5) is 0 Å². The first kappa shape index (κ1) is 14.6. The predicted molar refractivity (Wildman–Crippen MR) is 82.2 cm³/mol. The summed E-state index contributed by atoms with van der Waals surface area (Å²) >= 11 is 0. The van der Waals surface area contributed by atoms with Crippen LogP contribution in [0.5, 0.6) is 0 Å². The number of carbonyl (C=O) groups excluding carboxylic acids is 1. The number of nitrogens with zero attached hydrogens (tertiary/aromatic N) is 1. The number of nitrogens with one attached hydrogen (secondary N) is 1. The molecule has 2 aliphatic rings. The van der Waals surface area contributed by atoms with Crippen molar-refractivity contribution in [1.29, 1.82) is 0 Å². The van der Waals surface area contributed by atoms with Crippen molar-refractivity contribution in [3.63, 3.8) is 0 Å². The summed E-state index contributed by atoms with van der Waals surface area (Å²) in [7, 11) is 0. The van der Waals surface area contributed by atoms with Gasteiger partial charge in [0.1, 0.15) is 0 Å². The number of carbonyl (C=O) groups is 1. The summed E-state index contributed by atoms with van der Waals surface area (Å²) in [6, 6.07) is 0.218. The van der Waals surface area contributed by atoms with E-state index in [1.165, 1.54) is 12.8 Å². The number of aromatic nitrogens is 1. The van der Waals surface area contributed by atoms with Gasteiger partial charge in [-0.25, -0.2) is 0 Å². The van der Waals surface area contributed by atoms with E-state index < -0.39 is 0 Å². The second-order valence-electron chi connectivity index (χ2n) is 6.63. The van der Waals surface area contributed by atoms with E-state index in [9.17, 15) is 9.90 Å². The number of amides is 1. The van der Waals surface area contributed by atoms with Gasteiger partial charge in [-0.15, -0.1) is 0 Å². The molecule has 116 valence electrons. The van der Waals surface area contributed by atoms with Gasteiger partial charge in [0.25, 0.3) is 5.91 Å². The first-order valence-corrected chi connectivity index (χ1v) is 8.31. The molecule has 0 unspecified atom stereocenters. The van der Waals surface area contributed by atoms with Crippen molar-refractivity contribution in [2.24, 2.45) is 5.92 Å². The van der Waals surface area contributed by atoms with Gasteiger partial charge in [0.15, 0.2) is 0 Å². The van der Waals surface area contributed by atoms with Crippen LogP contribution < -0.4 is 0 Å². The Kier molecular flexibility index (Phi) is 4.34. The van der Waals surface area contributed by atoms with E-state index in [2.05, 4.69) is 4.98 Å². The first-order chi connectivity index (χ1) is 10.2. The molecular formula is C17H26N2O2. The van der Waals surface area contributed by atoms with E-state index in [1.807, 2.05) is 18.0 Å².